The predicted octanol–water partition coefficient (Wildman–Crippen LogP) is 5.38. The quantitative estimate of drug-likeness (QED) is 0.368. The molecule has 0 atom stereocenters. The molecule has 5 heteroatoms. The average molecular weight is 377 g/mol. The summed E-state index contributed by atoms with van der Waals surface area (Å²) in [6.45, 7) is 1.75. The largest absolute Gasteiger partial charge is 0.377 e. The van der Waals surface area contributed by atoms with Gasteiger partial charge in [0.2, 0.25) is 0 Å². The fraction of sp³-hybridized carbons (Fsp3) is 0.0909. The molecule has 136 valence electrons. The van der Waals surface area contributed by atoms with Gasteiger partial charge in [0.1, 0.15) is 5.82 Å². The first kappa shape index (κ1) is 18.9. The van der Waals surface area contributed by atoms with Crippen molar-refractivity contribution in [3.8, 4) is 11.1 Å². The normalized spacial score (nSPS) is 11.9. The van der Waals surface area contributed by atoms with Crippen LogP contribution in [-0.4, -0.2) is 11.4 Å². The number of thioether (sulfide) groups is 1. The second-order valence-corrected chi connectivity index (χ2v) is 7.04. The Morgan fingerprint density at radius 3 is 2.41 bits per heavy atom. The van der Waals surface area contributed by atoms with Gasteiger partial charge in [0, 0.05) is 5.75 Å². The Hall–Kier alpha value is -2.92. The van der Waals surface area contributed by atoms with Crippen LogP contribution in [0.3, 0.4) is 0 Å². The average Bonchev–Trinajstić information content (AvgIpc) is 2.70. The van der Waals surface area contributed by atoms with Gasteiger partial charge in [-0.05, 0) is 40.8 Å². The fourth-order valence-corrected chi connectivity index (χ4v) is 3.06. The maximum atomic E-state index is 13.7. The van der Waals surface area contributed by atoms with Crippen LogP contribution in [0, 0.1) is 12.7 Å². The first-order valence-corrected chi connectivity index (χ1v) is 9.50. The van der Waals surface area contributed by atoms with Crippen LogP contribution in [0.2, 0.25) is 0 Å². The molecule has 0 spiro atoms. The Labute approximate surface area is 162 Å². The zero-order valence-corrected chi connectivity index (χ0v) is 15.8. The van der Waals surface area contributed by atoms with Gasteiger partial charge in [0.15, 0.2) is 5.17 Å². The lowest BCUT2D eigenvalue weighted by molar-refractivity contribution is 0.619. The van der Waals surface area contributed by atoms with Crippen LogP contribution in [0.4, 0.5) is 4.39 Å². The van der Waals surface area contributed by atoms with Gasteiger partial charge in [-0.15, -0.1) is 5.10 Å². The topological polar surface area (TPSA) is 50.7 Å². The minimum atomic E-state index is -0.198. The lowest BCUT2D eigenvalue weighted by Gasteiger charge is -2.04. The summed E-state index contributed by atoms with van der Waals surface area (Å²) in [6.07, 6.45) is 1.65. The first-order chi connectivity index (χ1) is 13.1. The van der Waals surface area contributed by atoms with Crippen molar-refractivity contribution in [1.82, 2.24) is 0 Å². The van der Waals surface area contributed by atoms with Crippen molar-refractivity contribution in [3.05, 3.63) is 95.3 Å². The van der Waals surface area contributed by atoms with Crippen molar-refractivity contribution in [2.24, 2.45) is 15.9 Å². The Balaban J connectivity index is 1.59. The van der Waals surface area contributed by atoms with Gasteiger partial charge in [0.05, 0.1) is 6.21 Å². The molecule has 3 aromatic rings. The molecule has 0 saturated heterocycles. The maximum absolute atomic E-state index is 13.7. The predicted molar refractivity (Wildman–Crippen MR) is 114 cm³/mol. The van der Waals surface area contributed by atoms with Crippen molar-refractivity contribution in [2.45, 2.75) is 12.7 Å². The summed E-state index contributed by atoms with van der Waals surface area (Å²) >= 11 is 1.45. The summed E-state index contributed by atoms with van der Waals surface area (Å²) in [4.78, 5) is 0. The first-order valence-electron chi connectivity index (χ1n) is 8.51. The van der Waals surface area contributed by atoms with Crippen molar-refractivity contribution < 1.29 is 4.39 Å². The van der Waals surface area contributed by atoms with Gasteiger partial charge in [-0.25, -0.2) is 4.39 Å². The van der Waals surface area contributed by atoms with Crippen molar-refractivity contribution >= 4 is 23.1 Å². The number of nitrogens with two attached hydrogens (primary N) is 1. The molecule has 27 heavy (non-hydrogen) atoms. The summed E-state index contributed by atoms with van der Waals surface area (Å²) in [7, 11) is 0. The van der Waals surface area contributed by atoms with Crippen molar-refractivity contribution in [3.63, 3.8) is 0 Å². The van der Waals surface area contributed by atoms with Gasteiger partial charge in [-0.2, -0.15) is 5.10 Å². The molecule has 2 N–H and O–H groups in total. The lowest BCUT2D eigenvalue weighted by Crippen LogP contribution is -2.05. The Morgan fingerprint density at radius 2 is 1.70 bits per heavy atom. The third kappa shape index (κ3) is 5.53. The number of benzene rings is 3. The Kier molecular flexibility index (Phi) is 6.39. The second kappa shape index (κ2) is 9.14. The van der Waals surface area contributed by atoms with E-state index < -0.39 is 0 Å². The van der Waals surface area contributed by atoms with E-state index in [4.69, 9.17) is 5.73 Å². The molecule has 0 aliphatic rings. The highest BCUT2D eigenvalue weighted by atomic mass is 32.2. The minimum absolute atomic E-state index is 0.198. The SMILES string of the molecule is Cc1ccc(-c2ccc(C=NN=C(N)SCc3ccccc3)cc2)cc1F. The maximum Gasteiger partial charge on any atom is 0.180 e. The number of halogens is 1. The summed E-state index contributed by atoms with van der Waals surface area (Å²) in [5.41, 5.74) is 10.4. The Morgan fingerprint density at radius 1 is 1.00 bits per heavy atom. The molecule has 0 radical (unpaired) electrons. The molecule has 0 aliphatic carbocycles. The van der Waals surface area contributed by atoms with E-state index in [2.05, 4.69) is 10.2 Å². The highest BCUT2D eigenvalue weighted by Crippen LogP contribution is 2.22. The fourth-order valence-electron chi connectivity index (χ4n) is 2.45. The highest BCUT2D eigenvalue weighted by Gasteiger charge is 2.02. The highest BCUT2D eigenvalue weighted by molar-refractivity contribution is 8.13. The van der Waals surface area contributed by atoms with E-state index in [1.807, 2.05) is 60.7 Å². The monoisotopic (exact) mass is 377 g/mol. The lowest BCUT2D eigenvalue weighted by atomic mass is 10.0. The molecule has 0 amide bonds. The molecule has 3 rings (SSSR count). The number of aryl methyl sites for hydroxylation is 1. The number of rotatable bonds is 5. The molecular formula is C22H20FN3S. The molecule has 3 nitrogen and oxygen atoms in total. The smallest absolute Gasteiger partial charge is 0.180 e. The van der Waals surface area contributed by atoms with Gasteiger partial charge in [-0.1, -0.05) is 78.5 Å². The third-order valence-corrected chi connectivity index (χ3v) is 4.86. The van der Waals surface area contributed by atoms with Crippen LogP contribution in [0.5, 0.6) is 0 Å². The summed E-state index contributed by atoms with van der Waals surface area (Å²) < 4.78 is 13.7. The molecular weight excluding hydrogens is 357 g/mol. The molecule has 0 unspecified atom stereocenters. The van der Waals surface area contributed by atoms with E-state index >= 15 is 0 Å². The van der Waals surface area contributed by atoms with E-state index in [-0.39, 0.29) is 5.82 Å². The van der Waals surface area contributed by atoms with E-state index in [9.17, 15) is 4.39 Å². The summed E-state index contributed by atoms with van der Waals surface area (Å²) in [5.74, 6) is 0.559. The van der Waals surface area contributed by atoms with Gasteiger partial charge in [0.25, 0.3) is 0 Å². The van der Waals surface area contributed by atoms with Crippen molar-refractivity contribution in [2.75, 3.05) is 0 Å². The van der Waals surface area contributed by atoms with Crippen LogP contribution in [0.1, 0.15) is 16.7 Å². The van der Waals surface area contributed by atoms with Gasteiger partial charge < -0.3 is 5.73 Å². The molecule has 0 saturated carbocycles. The van der Waals surface area contributed by atoms with E-state index in [0.717, 1.165) is 22.4 Å². The number of nitrogens with zero attached hydrogens (tertiary/aromatic N) is 2. The second-order valence-electron chi connectivity index (χ2n) is 6.04. The van der Waals surface area contributed by atoms with E-state index in [0.29, 0.717) is 10.7 Å². The number of hydrogen-bond acceptors (Lipinski definition) is 3. The van der Waals surface area contributed by atoms with E-state index in [1.54, 1.807) is 25.3 Å². The zero-order valence-electron chi connectivity index (χ0n) is 15.0. The summed E-state index contributed by atoms with van der Waals surface area (Å²) in [6, 6.07) is 23.0. The molecule has 0 aliphatic heterocycles. The van der Waals surface area contributed by atoms with E-state index in [1.165, 1.54) is 17.3 Å². The molecule has 0 fully saturated rings. The van der Waals surface area contributed by atoms with Gasteiger partial charge >= 0.3 is 0 Å². The van der Waals surface area contributed by atoms with Gasteiger partial charge in [-0.3, -0.25) is 0 Å². The molecule has 0 bridgehead atoms. The van der Waals surface area contributed by atoms with Crippen LogP contribution >= 0.6 is 11.8 Å². The van der Waals surface area contributed by atoms with Crippen molar-refractivity contribution in [1.29, 1.82) is 0 Å². The minimum Gasteiger partial charge on any atom is -0.377 e. The number of amidine groups is 1. The van der Waals surface area contributed by atoms with Crippen LogP contribution in [-0.2, 0) is 5.75 Å². The Bertz CT molecular complexity index is 951. The summed E-state index contributed by atoms with van der Waals surface area (Å²) in [5, 5.41) is 8.47. The standard InChI is InChI=1S/C22H20FN3S/c1-16-7-10-20(13-21(16)23)19-11-8-17(9-12-19)14-25-26-22(24)27-15-18-5-3-2-4-6-18/h2-14H,15H2,1H3,(H2,24,26). The number of hydrogen-bond donors (Lipinski definition) is 1. The third-order valence-electron chi connectivity index (χ3n) is 4.01. The molecule has 0 aromatic heterocycles. The van der Waals surface area contributed by atoms with Crippen LogP contribution in [0.15, 0.2) is 83.0 Å². The molecule has 3 aromatic carbocycles. The molecule has 0 heterocycles. The van der Waals surface area contributed by atoms with Crippen LogP contribution in [0.25, 0.3) is 11.1 Å². The zero-order chi connectivity index (χ0) is 19.1. The van der Waals surface area contributed by atoms with Crippen LogP contribution < -0.4 is 5.73 Å².